The van der Waals surface area contributed by atoms with Gasteiger partial charge >= 0.3 is 0 Å². The molecule has 0 unspecified atom stereocenters. The molecule has 4 nitrogen and oxygen atoms in total. The quantitative estimate of drug-likeness (QED) is 0.101. The highest BCUT2D eigenvalue weighted by atomic mass is 127. The first-order valence-electron chi connectivity index (χ1n) is 14.1. The Hall–Kier alpha value is -2.86. The van der Waals surface area contributed by atoms with Crippen molar-refractivity contribution in [2.75, 3.05) is 15.1 Å². The fraction of sp³-hybridized carbons (Fsp3) is 0.0270. The number of ether oxygens (including phenoxy) is 2. The van der Waals surface area contributed by atoms with E-state index in [9.17, 15) is 0 Å². The van der Waals surface area contributed by atoms with Gasteiger partial charge in [-0.15, -0.1) is 0 Å². The van der Waals surface area contributed by atoms with Crippen LogP contribution in [0.1, 0.15) is 0 Å². The summed E-state index contributed by atoms with van der Waals surface area (Å²) >= 11 is 28.3. The van der Waals surface area contributed by atoms with Gasteiger partial charge in [0.2, 0.25) is 0 Å². The summed E-state index contributed by atoms with van der Waals surface area (Å²) in [5.41, 5.74) is 4.74. The lowest BCUT2D eigenvalue weighted by Gasteiger charge is -2.33. The van der Waals surface area contributed by atoms with Gasteiger partial charge in [0.25, 0.3) is 0 Å². The van der Waals surface area contributed by atoms with Crippen LogP contribution in [0.25, 0.3) is 0 Å². The summed E-state index contributed by atoms with van der Waals surface area (Å²) in [5, 5.41) is 5.62. The van der Waals surface area contributed by atoms with Crippen molar-refractivity contribution in [3.05, 3.63) is 157 Å². The third kappa shape index (κ3) is 8.42. The van der Waals surface area contributed by atoms with Crippen LogP contribution >= 0.6 is 91.6 Å². The first kappa shape index (κ1) is 35.4. The van der Waals surface area contributed by atoms with Crippen molar-refractivity contribution >= 4 is 120 Å². The normalized spacial score (nSPS) is 11.3. The van der Waals surface area contributed by atoms with E-state index in [1.807, 2.05) is 126 Å². The minimum Gasteiger partial charge on any atom is -0.453 e. The number of alkyl halides is 1. The average Bonchev–Trinajstić information content (AvgIpc) is 3.11. The van der Waals surface area contributed by atoms with Crippen LogP contribution in [0.4, 0.5) is 28.4 Å². The molecule has 2 heterocycles. The maximum atomic E-state index is 6.45. The van der Waals surface area contributed by atoms with Crippen LogP contribution in [0.2, 0.25) is 20.1 Å². The van der Waals surface area contributed by atoms with Crippen molar-refractivity contribution in [3.63, 3.8) is 0 Å². The van der Waals surface area contributed by atoms with E-state index in [0.717, 1.165) is 55.0 Å². The van der Waals surface area contributed by atoms with Crippen LogP contribution < -0.4 is 19.7 Å². The smallest absolute Gasteiger partial charge is 0.151 e. The minimum absolute atomic E-state index is 0.524. The molecule has 0 bridgehead atoms. The summed E-state index contributed by atoms with van der Waals surface area (Å²) < 4.78 is 12.7. The molecular formula is C37H26Cl4I2N2O2. The van der Waals surface area contributed by atoms with Crippen LogP contribution in [-0.2, 0) is 0 Å². The van der Waals surface area contributed by atoms with Crippen molar-refractivity contribution in [2.24, 2.45) is 0 Å². The molecule has 6 aromatic rings. The Morgan fingerprint density at radius 2 is 0.872 bits per heavy atom. The van der Waals surface area contributed by atoms with E-state index in [0.29, 0.717) is 20.1 Å². The van der Waals surface area contributed by atoms with Gasteiger partial charge in [0, 0.05) is 3.57 Å². The number of hydrogen-bond donors (Lipinski definition) is 1. The van der Waals surface area contributed by atoms with E-state index < -0.39 is 0 Å². The number of para-hydroxylation sites is 8. The fourth-order valence-electron chi connectivity index (χ4n) is 4.69. The lowest BCUT2D eigenvalue weighted by atomic mass is 10.1. The van der Waals surface area contributed by atoms with Crippen molar-refractivity contribution in [3.8, 4) is 23.0 Å². The number of fused-ring (bicyclic) bond motifs is 4. The highest BCUT2D eigenvalue weighted by Gasteiger charge is 2.27. The van der Waals surface area contributed by atoms with Crippen LogP contribution in [0.3, 0.4) is 0 Å². The zero-order chi connectivity index (χ0) is 33.3. The lowest BCUT2D eigenvalue weighted by Crippen LogP contribution is -2.16. The Balaban J connectivity index is 0.000000148. The van der Waals surface area contributed by atoms with Gasteiger partial charge in [-0.05, 0) is 100 Å². The molecule has 0 radical (unpaired) electrons. The van der Waals surface area contributed by atoms with Gasteiger partial charge in [0.05, 0.1) is 48.5 Å². The second kappa shape index (κ2) is 17.0. The Kier molecular flexibility index (Phi) is 12.8. The van der Waals surface area contributed by atoms with E-state index in [1.165, 1.54) is 0 Å². The number of rotatable bonds is 1. The maximum Gasteiger partial charge on any atom is 0.151 e. The van der Waals surface area contributed by atoms with Gasteiger partial charge in [0.1, 0.15) is 0 Å². The highest BCUT2D eigenvalue weighted by Crippen LogP contribution is 2.52. The average molecular weight is 926 g/mol. The minimum atomic E-state index is 0.524. The zero-order valence-electron chi connectivity index (χ0n) is 24.7. The molecule has 0 spiro atoms. The largest absolute Gasteiger partial charge is 0.453 e. The van der Waals surface area contributed by atoms with Crippen LogP contribution in [-0.4, -0.2) is 4.93 Å². The maximum absolute atomic E-state index is 6.45. The van der Waals surface area contributed by atoms with E-state index in [-0.39, 0.29) is 0 Å². The summed E-state index contributed by atoms with van der Waals surface area (Å²) in [6, 6.07) is 42.7. The summed E-state index contributed by atoms with van der Waals surface area (Å²) in [4.78, 5) is 4.04. The Labute approximate surface area is 321 Å². The third-order valence-electron chi connectivity index (χ3n) is 6.77. The Morgan fingerprint density at radius 1 is 0.468 bits per heavy atom. The van der Waals surface area contributed by atoms with E-state index in [2.05, 4.69) is 55.4 Å². The van der Waals surface area contributed by atoms with Crippen molar-refractivity contribution in [1.82, 2.24) is 0 Å². The number of halogens is 6. The number of nitrogens with one attached hydrogen (secondary N) is 1. The standard InChI is InChI=1S/C18H11Cl2NO.C12H9NO.C6H3Cl2I.CH3I/c19-12-6-5-9-15(18(12)20)21-13-7-1-3-10-16(13)22-17-11-4-2-8-14(17)21;1-3-7-11-9(5-1)13-10-6-2-4-8-12(10)14-11;7-4-2-1-3-5(9)6(4)8;1-2/h1-11H;1-8,13H;1-3H;1H3. The van der Waals surface area contributed by atoms with Crippen LogP contribution in [0, 0.1) is 3.57 Å². The molecule has 0 saturated carbocycles. The molecule has 2 aliphatic rings. The monoisotopic (exact) mass is 924 g/mol. The van der Waals surface area contributed by atoms with Gasteiger partial charge in [-0.3, -0.25) is 0 Å². The molecule has 0 aliphatic carbocycles. The zero-order valence-corrected chi connectivity index (χ0v) is 32.1. The first-order valence-corrected chi connectivity index (χ1v) is 18.9. The molecule has 0 aromatic heterocycles. The molecule has 6 aromatic carbocycles. The first-order chi connectivity index (χ1) is 22.9. The van der Waals surface area contributed by atoms with Crippen LogP contribution in [0.5, 0.6) is 23.0 Å². The van der Waals surface area contributed by atoms with Crippen molar-refractivity contribution < 1.29 is 9.47 Å². The molecule has 0 amide bonds. The third-order valence-corrected chi connectivity index (χ3v) is 9.62. The van der Waals surface area contributed by atoms with Gasteiger partial charge < -0.3 is 19.7 Å². The predicted octanol–water partition coefficient (Wildman–Crippen LogP) is 14.8. The molecule has 0 saturated heterocycles. The molecular weight excluding hydrogens is 900 g/mol. The molecule has 238 valence electrons. The predicted molar refractivity (Wildman–Crippen MR) is 217 cm³/mol. The lowest BCUT2D eigenvalue weighted by molar-refractivity contribution is 0.477. The summed E-state index contributed by atoms with van der Waals surface area (Å²) in [5.74, 6) is 3.34. The topological polar surface area (TPSA) is 33.7 Å². The SMILES string of the molecule is CI.Clc1cccc(I)c1Cl.Clc1cccc(N2c3ccccc3Oc3ccccc32)c1Cl.c1ccc2c(c1)Nc1ccccc1O2. The second-order valence-electron chi connectivity index (χ2n) is 9.70. The molecule has 47 heavy (non-hydrogen) atoms. The molecule has 0 fully saturated rings. The Morgan fingerprint density at radius 3 is 1.38 bits per heavy atom. The highest BCUT2D eigenvalue weighted by molar-refractivity contribution is 14.1. The van der Waals surface area contributed by atoms with E-state index in [4.69, 9.17) is 55.9 Å². The van der Waals surface area contributed by atoms with Gasteiger partial charge in [0.15, 0.2) is 23.0 Å². The number of nitrogens with zero attached hydrogens (tertiary/aromatic N) is 1. The van der Waals surface area contributed by atoms with E-state index >= 15 is 0 Å². The fourth-order valence-corrected chi connectivity index (χ4v) is 6.03. The molecule has 8 rings (SSSR count). The summed E-state index contributed by atoms with van der Waals surface area (Å²) in [7, 11) is 0. The van der Waals surface area contributed by atoms with Crippen LogP contribution in [0.15, 0.2) is 133 Å². The van der Waals surface area contributed by atoms with Crippen molar-refractivity contribution in [1.29, 1.82) is 0 Å². The number of anilines is 5. The molecule has 2 aliphatic heterocycles. The van der Waals surface area contributed by atoms with Gasteiger partial charge in [-0.1, -0.05) is 130 Å². The van der Waals surface area contributed by atoms with Crippen molar-refractivity contribution in [2.45, 2.75) is 0 Å². The van der Waals surface area contributed by atoms with E-state index in [1.54, 1.807) is 12.1 Å². The second-order valence-corrected chi connectivity index (χ2v) is 12.4. The van der Waals surface area contributed by atoms with Gasteiger partial charge in [-0.25, -0.2) is 0 Å². The molecule has 10 heteroatoms. The molecule has 1 N–H and O–H groups in total. The van der Waals surface area contributed by atoms with Gasteiger partial charge in [-0.2, -0.15) is 0 Å². The summed E-state index contributed by atoms with van der Waals surface area (Å²) in [6.07, 6.45) is 0. The summed E-state index contributed by atoms with van der Waals surface area (Å²) in [6.45, 7) is 0. The molecule has 0 atom stereocenters. The number of hydrogen-bond acceptors (Lipinski definition) is 4. The Bertz CT molecular complexity index is 1840. The number of benzene rings is 6.